The first-order chi connectivity index (χ1) is 8.24. The largest absolute Gasteiger partial charge is 0.490 e. The summed E-state index contributed by atoms with van der Waals surface area (Å²) in [6, 6.07) is 7.99. The van der Waals surface area contributed by atoms with Gasteiger partial charge >= 0.3 is 0 Å². The highest BCUT2D eigenvalue weighted by molar-refractivity contribution is 5.31. The highest BCUT2D eigenvalue weighted by atomic mass is 16.5. The Morgan fingerprint density at radius 2 is 2.18 bits per heavy atom. The van der Waals surface area contributed by atoms with Crippen LogP contribution in [0, 0.1) is 0 Å². The van der Waals surface area contributed by atoms with E-state index in [0.29, 0.717) is 6.10 Å². The summed E-state index contributed by atoms with van der Waals surface area (Å²) in [5.41, 5.74) is 3.87. The molecule has 1 aromatic rings. The first kappa shape index (κ1) is 12.4. The normalized spacial score (nSPS) is 18.8. The number of ether oxygens (including phenoxy) is 2. The van der Waals surface area contributed by atoms with E-state index in [0.717, 1.165) is 24.2 Å². The van der Waals surface area contributed by atoms with Crippen molar-refractivity contribution < 1.29 is 9.47 Å². The van der Waals surface area contributed by atoms with Crippen LogP contribution in [-0.4, -0.2) is 19.3 Å². The first-order valence-corrected chi connectivity index (χ1v) is 6.00. The van der Waals surface area contributed by atoms with Gasteiger partial charge in [0.1, 0.15) is 5.75 Å². The van der Waals surface area contributed by atoms with Crippen LogP contribution >= 0.6 is 0 Å². The Bertz CT molecular complexity index is 366. The first-order valence-electron chi connectivity index (χ1n) is 6.00. The molecule has 1 saturated carbocycles. The smallest absolute Gasteiger partial charge is 0.120 e. The van der Waals surface area contributed by atoms with Gasteiger partial charge in [0.2, 0.25) is 0 Å². The van der Waals surface area contributed by atoms with Gasteiger partial charge in [0, 0.05) is 7.11 Å². The predicted molar refractivity (Wildman–Crippen MR) is 66.6 cm³/mol. The van der Waals surface area contributed by atoms with E-state index >= 15 is 0 Å². The quantitative estimate of drug-likeness (QED) is 0.584. The number of nitrogens with two attached hydrogens (primary N) is 1. The predicted octanol–water partition coefficient (Wildman–Crippen LogP) is 1.77. The van der Waals surface area contributed by atoms with Crippen LogP contribution in [0.4, 0.5) is 0 Å². The van der Waals surface area contributed by atoms with Gasteiger partial charge in [-0.05, 0) is 37.5 Å². The number of benzene rings is 1. The lowest BCUT2D eigenvalue weighted by atomic mass is 10.0. The van der Waals surface area contributed by atoms with Gasteiger partial charge in [-0.15, -0.1) is 0 Å². The van der Waals surface area contributed by atoms with Crippen LogP contribution in [0.15, 0.2) is 24.3 Å². The molecule has 4 heteroatoms. The number of hydrogen-bond acceptors (Lipinski definition) is 4. The SMILES string of the molecule is COC(C)C(NN)c1cccc(OC2CC2)c1. The summed E-state index contributed by atoms with van der Waals surface area (Å²) in [6.45, 7) is 1.99. The maximum Gasteiger partial charge on any atom is 0.120 e. The molecule has 0 bridgehead atoms. The van der Waals surface area contributed by atoms with Gasteiger partial charge in [-0.3, -0.25) is 11.3 Å². The average molecular weight is 236 g/mol. The molecule has 4 nitrogen and oxygen atoms in total. The average Bonchev–Trinajstić information content (AvgIpc) is 3.14. The maximum atomic E-state index is 5.76. The molecule has 1 aromatic carbocycles. The highest BCUT2D eigenvalue weighted by Crippen LogP contribution is 2.29. The van der Waals surface area contributed by atoms with E-state index < -0.39 is 0 Å². The van der Waals surface area contributed by atoms with Crippen molar-refractivity contribution in [2.75, 3.05) is 7.11 Å². The molecule has 0 heterocycles. The molecule has 3 N–H and O–H groups in total. The Hall–Kier alpha value is -1.10. The molecular weight excluding hydrogens is 216 g/mol. The Kier molecular flexibility index (Phi) is 3.99. The van der Waals surface area contributed by atoms with E-state index in [4.69, 9.17) is 15.3 Å². The molecule has 0 radical (unpaired) electrons. The highest BCUT2D eigenvalue weighted by Gasteiger charge is 2.24. The van der Waals surface area contributed by atoms with E-state index in [1.54, 1.807) is 7.11 Å². The lowest BCUT2D eigenvalue weighted by molar-refractivity contribution is 0.0830. The summed E-state index contributed by atoms with van der Waals surface area (Å²) in [6.07, 6.45) is 2.75. The Balaban J connectivity index is 2.11. The second kappa shape index (κ2) is 5.49. The summed E-state index contributed by atoms with van der Waals surface area (Å²) in [5, 5.41) is 0. The Morgan fingerprint density at radius 3 is 2.76 bits per heavy atom. The standard InChI is InChI=1S/C13H20N2O2/c1-9(16-2)13(15-14)10-4-3-5-12(8-10)17-11-6-7-11/h3-5,8-9,11,13,15H,6-7,14H2,1-2H3. The molecule has 0 aromatic heterocycles. The van der Waals surface area contributed by atoms with Crippen LogP contribution in [0.2, 0.25) is 0 Å². The molecule has 2 atom stereocenters. The van der Waals surface area contributed by atoms with Crippen molar-refractivity contribution in [1.82, 2.24) is 5.43 Å². The van der Waals surface area contributed by atoms with Gasteiger partial charge in [-0.1, -0.05) is 12.1 Å². The lowest BCUT2D eigenvalue weighted by Gasteiger charge is -2.22. The van der Waals surface area contributed by atoms with E-state index in [2.05, 4.69) is 5.43 Å². The van der Waals surface area contributed by atoms with Crippen LogP contribution < -0.4 is 16.0 Å². The molecule has 0 saturated heterocycles. The van der Waals surface area contributed by atoms with Gasteiger partial charge in [0.05, 0.1) is 18.2 Å². The van der Waals surface area contributed by atoms with E-state index in [1.165, 1.54) is 0 Å². The molecule has 0 aliphatic heterocycles. The third-order valence-electron chi connectivity index (χ3n) is 3.07. The second-order valence-electron chi connectivity index (χ2n) is 4.47. The third kappa shape index (κ3) is 3.19. The summed E-state index contributed by atoms with van der Waals surface area (Å²) in [7, 11) is 1.68. The summed E-state index contributed by atoms with van der Waals surface area (Å²) in [4.78, 5) is 0. The molecule has 17 heavy (non-hydrogen) atoms. The van der Waals surface area contributed by atoms with E-state index in [-0.39, 0.29) is 12.1 Å². The molecule has 1 aliphatic carbocycles. The zero-order chi connectivity index (χ0) is 12.3. The molecule has 0 spiro atoms. The molecule has 1 aliphatic rings. The van der Waals surface area contributed by atoms with E-state index in [9.17, 15) is 0 Å². The number of hydrogen-bond donors (Lipinski definition) is 2. The fourth-order valence-electron chi connectivity index (χ4n) is 1.80. The van der Waals surface area contributed by atoms with Crippen LogP contribution in [0.1, 0.15) is 31.4 Å². The van der Waals surface area contributed by atoms with Crippen LogP contribution in [-0.2, 0) is 4.74 Å². The molecule has 94 valence electrons. The van der Waals surface area contributed by atoms with Crippen molar-refractivity contribution >= 4 is 0 Å². The van der Waals surface area contributed by atoms with Crippen molar-refractivity contribution in [3.05, 3.63) is 29.8 Å². The van der Waals surface area contributed by atoms with Crippen molar-refractivity contribution in [2.24, 2.45) is 5.84 Å². The molecule has 1 fully saturated rings. The van der Waals surface area contributed by atoms with Gasteiger partial charge in [0.25, 0.3) is 0 Å². The Labute approximate surface area is 102 Å². The van der Waals surface area contributed by atoms with Crippen LogP contribution in [0.3, 0.4) is 0 Å². The van der Waals surface area contributed by atoms with Crippen molar-refractivity contribution in [2.45, 2.75) is 38.0 Å². The van der Waals surface area contributed by atoms with Crippen LogP contribution in [0.25, 0.3) is 0 Å². The summed E-state index contributed by atoms with van der Waals surface area (Å²) in [5.74, 6) is 6.48. The monoisotopic (exact) mass is 236 g/mol. The maximum absolute atomic E-state index is 5.76. The zero-order valence-corrected chi connectivity index (χ0v) is 10.3. The van der Waals surface area contributed by atoms with Crippen molar-refractivity contribution in [1.29, 1.82) is 0 Å². The second-order valence-corrected chi connectivity index (χ2v) is 4.47. The number of methoxy groups -OCH3 is 1. The summed E-state index contributed by atoms with van der Waals surface area (Å²) >= 11 is 0. The number of hydrazine groups is 1. The van der Waals surface area contributed by atoms with Gasteiger partial charge in [-0.2, -0.15) is 0 Å². The minimum atomic E-state index is -0.0252. The molecular formula is C13H20N2O2. The number of rotatable bonds is 6. The molecule has 2 unspecified atom stereocenters. The van der Waals surface area contributed by atoms with Gasteiger partial charge in [-0.25, -0.2) is 0 Å². The van der Waals surface area contributed by atoms with Gasteiger partial charge < -0.3 is 9.47 Å². The lowest BCUT2D eigenvalue weighted by Crippen LogP contribution is -2.36. The van der Waals surface area contributed by atoms with Crippen molar-refractivity contribution in [3.63, 3.8) is 0 Å². The van der Waals surface area contributed by atoms with E-state index in [1.807, 2.05) is 31.2 Å². The number of nitrogens with one attached hydrogen (secondary N) is 1. The minimum absolute atomic E-state index is 0.0103. The molecule has 0 amide bonds. The fraction of sp³-hybridized carbons (Fsp3) is 0.538. The van der Waals surface area contributed by atoms with Gasteiger partial charge in [0.15, 0.2) is 0 Å². The zero-order valence-electron chi connectivity index (χ0n) is 10.3. The molecule has 2 rings (SSSR count). The third-order valence-corrected chi connectivity index (χ3v) is 3.07. The summed E-state index contributed by atoms with van der Waals surface area (Å²) < 4.78 is 11.1. The topological polar surface area (TPSA) is 56.5 Å². The fourth-order valence-corrected chi connectivity index (χ4v) is 1.80. The van der Waals surface area contributed by atoms with Crippen LogP contribution in [0.5, 0.6) is 5.75 Å². The Morgan fingerprint density at radius 1 is 1.41 bits per heavy atom. The minimum Gasteiger partial charge on any atom is -0.490 e. The van der Waals surface area contributed by atoms with Crippen molar-refractivity contribution in [3.8, 4) is 5.75 Å².